The molecule has 0 rings (SSSR count). The van der Waals surface area contributed by atoms with Crippen molar-refractivity contribution in [1.29, 1.82) is 0 Å². The molecule has 0 fully saturated rings. The fourth-order valence-corrected chi connectivity index (χ4v) is 4.27. The third-order valence-corrected chi connectivity index (χ3v) is 7.10. The lowest BCUT2D eigenvalue weighted by Gasteiger charge is -2.25. The maximum atomic E-state index is 12.5. The molecule has 0 aliphatic heterocycles. The van der Waals surface area contributed by atoms with Crippen LogP contribution < -0.4 is 5.32 Å². The van der Waals surface area contributed by atoms with Crippen molar-refractivity contribution in [2.45, 2.75) is 90.2 Å². The van der Waals surface area contributed by atoms with Crippen LogP contribution in [0.2, 0.25) is 0 Å². The van der Waals surface area contributed by atoms with Crippen molar-refractivity contribution in [1.82, 2.24) is 5.32 Å². The van der Waals surface area contributed by atoms with Crippen LogP contribution in [0.3, 0.4) is 0 Å². The number of hydrogen-bond donors (Lipinski definition) is 3. The normalized spacial score (nSPS) is 16.1. The third-order valence-electron chi connectivity index (χ3n) is 6.12. The maximum Gasteiger partial charge on any atom is 0.472 e. The molecule has 3 atom stereocenters. The first kappa shape index (κ1) is 41.7. The Morgan fingerprint density at radius 3 is 1.75 bits per heavy atom. The molecule has 0 radical (unpaired) electrons. The number of aliphatic hydroxyl groups excluding tert-OH is 1. The van der Waals surface area contributed by atoms with Crippen molar-refractivity contribution in [3.05, 3.63) is 85.1 Å². The van der Waals surface area contributed by atoms with E-state index < -0.39 is 20.0 Å². The molecular weight excluding hydrogens is 575 g/mol. The summed E-state index contributed by atoms with van der Waals surface area (Å²) < 4.78 is 23.0. The van der Waals surface area contributed by atoms with Gasteiger partial charge in [0.15, 0.2) is 0 Å². The summed E-state index contributed by atoms with van der Waals surface area (Å²) in [6, 6.07) is -0.886. The van der Waals surface area contributed by atoms with Crippen molar-refractivity contribution in [2.24, 2.45) is 0 Å². The zero-order chi connectivity index (χ0) is 32.9. The van der Waals surface area contributed by atoms with Crippen LogP contribution in [-0.2, 0) is 18.4 Å². The van der Waals surface area contributed by atoms with Crippen molar-refractivity contribution in [3.63, 3.8) is 0 Å². The molecule has 0 aliphatic carbocycles. The van der Waals surface area contributed by atoms with Crippen LogP contribution in [-0.4, -0.2) is 73.4 Å². The maximum absolute atomic E-state index is 12.5. The van der Waals surface area contributed by atoms with Gasteiger partial charge in [0.25, 0.3) is 0 Å². The summed E-state index contributed by atoms with van der Waals surface area (Å²) in [5.74, 6) is -0.278. The molecule has 9 heteroatoms. The fraction of sp³-hybridized carbons (Fsp3) is 0.571. The van der Waals surface area contributed by atoms with Gasteiger partial charge in [0.2, 0.25) is 5.91 Å². The Morgan fingerprint density at radius 1 is 0.773 bits per heavy atom. The minimum absolute atomic E-state index is 0.0409. The zero-order valence-electron chi connectivity index (χ0n) is 27.9. The van der Waals surface area contributed by atoms with E-state index in [1.54, 1.807) is 6.08 Å². The van der Waals surface area contributed by atoms with Gasteiger partial charge >= 0.3 is 7.82 Å². The van der Waals surface area contributed by atoms with Gasteiger partial charge in [0, 0.05) is 6.42 Å². The van der Waals surface area contributed by atoms with E-state index in [2.05, 4.69) is 73.0 Å². The Kier molecular flexibility index (Phi) is 25.6. The lowest BCUT2D eigenvalue weighted by Crippen LogP contribution is -2.45. The standard InChI is InChI=1S/C35H59N2O6P/c1-6-8-10-11-12-13-14-15-16-17-18-19-20-21-22-23-24-25-27-29-35(39)36-33(34(38)28-26-9-7-2)32-43-44(40,41)42-31-30-37(3,4)5/h8,10,12-13,15-16,18-19,21-22,24-26,28,33-34,38H,6-7,9,11,14,17,20,23,27,29-32H2,1-5H3,(H-,36,39,40,41)/p+1/b10-8-,13-12-,16-15-,19-18-,22-21-,25-24-,28-26+. The van der Waals surface area contributed by atoms with Crippen molar-refractivity contribution >= 4 is 13.7 Å². The highest BCUT2D eigenvalue weighted by Gasteiger charge is 2.27. The number of likely N-dealkylation sites (N-methyl/N-ethyl adjacent to an activating group) is 1. The van der Waals surface area contributed by atoms with Crippen LogP contribution in [0.25, 0.3) is 0 Å². The first-order chi connectivity index (χ1) is 21.0. The van der Waals surface area contributed by atoms with Crippen LogP contribution in [0.15, 0.2) is 85.1 Å². The average molecular weight is 636 g/mol. The molecule has 3 N–H and O–H groups in total. The van der Waals surface area contributed by atoms with Gasteiger partial charge in [-0.15, -0.1) is 0 Å². The Labute approximate surface area is 267 Å². The van der Waals surface area contributed by atoms with Gasteiger partial charge in [0.05, 0.1) is 39.9 Å². The number of allylic oxidation sites excluding steroid dienone is 13. The molecule has 0 aliphatic rings. The molecule has 8 nitrogen and oxygen atoms in total. The second-order valence-corrected chi connectivity index (χ2v) is 12.9. The minimum atomic E-state index is -4.33. The predicted molar refractivity (Wildman–Crippen MR) is 184 cm³/mol. The molecule has 1 amide bonds. The van der Waals surface area contributed by atoms with Gasteiger partial charge in [-0.25, -0.2) is 4.57 Å². The SMILES string of the molecule is CC/C=C\C/C=C\C/C=C\C/C=C\C/C=C\C/C=C\CCC(=O)NC(COP(=O)(O)OCC[N+](C)(C)C)C(O)/C=C/CCC. The molecule has 0 aromatic heterocycles. The van der Waals surface area contributed by atoms with Gasteiger partial charge in [-0.05, 0) is 51.4 Å². The largest absolute Gasteiger partial charge is 0.472 e. The van der Waals surface area contributed by atoms with E-state index in [0.717, 1.165) is 51.4 Å². The first-order valence-electron chi connectivity index (χ1n) is 16.0. The number of quaternary nitrogens is 1. The van der Waals surface area contributed by atoms with E-state index in [9.17, 15) is 19.4 Å². The van der Waals surface area contributed by atoms with Crippen molar-refractivity contribution < 1.29 is 32.9 Å². The Hall–Kier alpha value is -2.32. The summed E-state index contributed by atoms with van der Waals surface area (Å²) in [6.45, 7) is 4.36. The average Bonchev–Trinajstić information content (AvgIpc) is 2.95. The van der Waals surface area contributed by atoms with Gasteiger partial charge in [-0.3, -0.25) is 13.8 Å². The molecule has 0 aromatic carbocycles. The minimum Gasteiger partial charge on any atom is -0.387 e. The van der Waals surface area contributed by atoms with E-state index in [0.29, 0.717) is 17.4 Å². The molecule has 0 aromatic rings. The van der Waals surface area contributed by atoms with Crippen LogP contribution in [0.1, 0.15) is 78.1 Å². The van der Waals surface area contributed by atoms with E-state index in [4.69, 9.17) is 9.05 Å². The summed E-state index contributed by atoms with van der Waals surface area (Å²) >= 11 is 0. The number of nitrogens with zero attached hydrogens (tertiary/aromatic N) is 1. The second-order valence-electron chi connectivity index (χ2n) is 11.4. The molecular formula is C35H60N2O6P+. The monoisotopic (exact) mass is 635 g/mol. The molecule has 250 valence electrons. The summed E-state index contributed by atoms with van der Waals surface area (Å²) in [5.41, 5.74) is 0. The predicted octanol–water partition coefficient (Wildman–Crippen LogP) is 7.51. The van der Waals surface area contributed by atoms with Gasteiger partial charge in [-0.2, -0.15) is 0 Å². The Morgan fingerprint density at radius 2 is 1.27 bits per heavy atom. The van der Waals surface area contributed by atoms with Crippen LogP contribution in [0.4, 0.5) is 0 Å². The zero-order valence-corrected chi connectivity index (χ0v) is 28.7. The Balaban J connectivity index is 4.43. The van der Waals surface area contributed by atoms with E-state index in [-0.39, 0.29) is 25.5 Å². The summed E-state index contributed by atoms with van der Waals surface area (Å²) in [6.07, 6.45) is 36.0. The number of nitrogens with one attached hydrogen (secondary N) is 1. The van der Waals surface area contributed by atoms with Gasteiger partial charge < -0.3 is 19.8 Å². The number of carbonyl (C=O) groups excluding carboxylic acids is 1. The number of phosphoric acid groups is 1. The summed E-state index contributed by atoms with van der Waals surface area (Å²) in [5, 5.41) is 13.3. The topological polar surface area (TPSA) is 105 Å². The van der Waals surface area contributed by atoms with Crippen LogP contribution in [0, 0.1) is 0 Å². The molecule has 0 saturated carbocycles. The molecule has 0 spiro atoms. The molecule has 0 heterocycles. The highest BCUT2D eigenvalue weighted by molar-refractivity contribution is 7.47. The van der Waals surface area contributed by atoms with E-state index in [1.165, 1.54) is 0 Å². The van der Waals surface area contributed by atoms with E-state index >= 15 is 0 Å². The number of amides is 1. The van der Waals surface area contributed by atoms with Crippen molar-refractivity contribution in [2.75, 3.05) is 40.9 Å². The van der Waals surface area contributed by atoms with Gasteiger partial charge in [-0.1, -0.05) is 105 Å². The number of carbonyl (C=O) groups is 1. The highest BCUT2D eigenvalue weighted by atomic mass is 31.2. The lowest BCUT2D eigenvalue weighted by molar-refractivity contribution is -0.870. The highest BCUT2D eigenvalue weighted by Crippen LogP contribution is 2.43. The first-order valence-corrected chi connectivity index (χ1v) is 17.5. The van der Waals surface area contributed by atoms with Gasteiger partial charge in [0.1, 0.15) is 13.2 Å². The summed E-state index contributed by atoms with van der Waals surface area (Å²) in [4.78, 5) is 22.6. The third kappa shape index (κ3) is 28.5. The second kappa shape index (κ2) is 27.0. The molecule has 0 saturated heterocycles. The van der Waals surface area contributed by atoms with Crippen LogP contribution >= 0.6 is 7.82 Å². The summed E-state index contributed by atoms with van der Waals surface area (Å²) in [7, 11) is 1.49. The molecule has 44 heavy (non-hydrogen) atoms. The smallest absolute Gasteiger partial charge is 0.387 e. The lowest BCUT2D eigenvalue weighted by atomic mass is 10.1. The number of rotatable bonds is 26. The number of aliphatic hydroxyl groups is 1. The van der Waals surface area contributed by atoms with Crippen LogP contribution in [0.5, 0.6) is 0 Å². The quantitative estimate of drug-likeness (QED) is 0.0516. The number of unbranched alkanes of at least 4 members (excludes halogenated alkanes) is 1. The van der Waals surface area contributed by atoms with E-state index in [1.807, 2.05) is 46.3 Å². The molecule has 0 bridgehead atoms. The Bertz CT molecular complexity index is 992. The van der Waals surface area contributed by atoms with Crippen molar-refractivity contribution in [3.8, 4) is 0 Å². The molecule has 3 unspecified atom stereocenters. The number of phosphoric ester groups is 1. The fourth-order valence-electron chi connectivity index (χ4n) is 3.54. The number of hydrogen-bond acceptors (Lipinski definition) is 5.